The number of benzene rings is 1. The quantitative estimate of drug-likeness (QED) is 0.422. The van der Waals surface area contributed by atoms with Gasteiger partial charge in [0.15, 0.2) is 5.75 Å². The van der Waals surface area contributed by atoms with Crippen LogP contribution in [-0.4, -0.2) is 53.0 Å². The first kappa shape index (κ1) is 22.8. The Hall–Kier alpha value is -1.53. The first-order valence-electron chi connectivity index (χ1n) is 10.3. The van der Waals surface area contributed by atoms with Crippen LogP contribution in [0.5, 0.6) is 11.5 Å². The van der Waals surface area contributed by atoms with Crippen molar-refractivity contribution in [2.75, 3.05) is 27.4 Å². The maximum Gasteiger partial charge on any atom is 0.250 e. The maximum absolute atomic E-state index is 6.44. The summed E-state index contributed by atoms with van der Waals surface area (Å²) >= 11 is 0. The zero-order chi connectivity index (χ0) is 20.8. The van der Waals surface area contributed by atoms with E-state index >= 15 is 0 Å². The van der Waals surface area contributed by atoms with E-state index in [0.29, 0.717) is 6.04 Å². The molecule has 158 valence electrons. The molecule has 28 heavy (non-hydrogen) atoms. The molecule has 0 N–H and O–H groups in total. The fourth-order valence-corrected chi connectivity index (χ4v) is 4.13. The number of methoxy groups -OCH3 is 2. The summed E-state index contributed by atoms with van der Waals surface area (Å²) in [6.45, 7) is 13.0. The highest BCUT2D eigenvalue weighted by molar-refractivity contribution is 6.74. The molecule has 2 rings (SSSR count). The summed E-state index contributed by atoms with van der Waals surface area (Å²) in [6.07, 6.45) is 6.22. The Bertz CT molecular complexity index is 656. The second kappa shape index (κ2) is 9.79. The third-order valence-electron chi connectivity index (χ3n) is 5.90. The molecule has 1 fully saturated rings. The molecule has 0 aromatic heterocycles. The van der Waals surface area contributed by atoms with E-state index < -0.39 is 8.32 Å². The van der Waals surface area contributed by atoms with Crippen molar-refractivity contribution in [2.24, 2.45) is 5.10 Å². The third kappa shape index (κ3) is 5.98. The lowest BCUT2D eigenvalue weighted by atomic mass is 10.1. The van der Waals surface area contributed by atoms with Gasteiger partial charge in [-0.05, 0) is 61.5 Å². The number of hydrogen-bond acceptors (Lipinski definition) is 5. The second-order valence-corrected chi connectivity index (χ2v) is 13.8. The van der Waals surface area contributed by atoms with E-state index in [2.05, 4.69) is 62.2 Å². The van der Waals surface area contributed by atoms with Crippen LogP contribution in [0.3, 0.4) is 0 Å². The molecule has 0 bridgehead atoms. The van der Waals surface area contributed by atoms with Crippen molar-refractivity contribution in [3.63, 3.8) is 0 Å². The summed E-state index contributed by atoms with van der Waals surface area (Å²) in [5.74, 6) is 1.67. The normalized spacial score (nSPS) is 18.1. The van der Waals surface area contributed by atoms with Crippen LogP contribution in [0.4, 0.5) is 0 Å². The van der Waals surface area contributed by atoms with Gasteiger partial charge in [-0.15, -0.1) is 0 Å². The first-order valence-corrected chi connectivity index (χ1v) is 13.2. The summed E-state index contributed by atoms with van der Waals surface area (Å²) in [7, 11) is 1.58. The van der Waals surface area contributed by atoms with Gasteiger partial charge >= 0.3 is 0 Å². The van der Waals surface area contributed by atoms with Crippen LogP contribution in [0.15, 0.2) is 23.3 Å². The van der Waals surface area contributed by atoms with Crippen LogP contribution in [0.25, 0.3) is 0 Å². The number of ether oxygens (including phenoxy) is 2. The molecule has 1 aliphatic rings. The van der Waals surface area contributed by atoms with Gasteiger partial charge in [0.2, 0.25) is 0 Å². The van der Waals surface area contributed by atoms with Crippen LogP contribution < -0.4 is 9.16 Å². The minimum Gasteiger partial charge on any atom is -0.541 e. The number of nitrogens with zero attached hydrogens (tertiary/aromatic N) is 2. The third-order valence-corrected chi connectivity index (χ3v) is 10.2. The molecule has 5 nitrogen and oxygen atoms in total. The molecular weight excluding hydrogens is 368 g/mol. The predicted octanol–water partition coefficient (Wildman–Crippen LogP) is 5.11. The monoisotopic (exact) mass is 406 g/mol. The van der Waals surface area contributed by atoms with Crippen molar-refractivity contribution in [3.8, 4) is 11.5 Å². The van der Waals surface area contributed by atoms with E-state index in [9.17, 15) is 0 Å². The second-order valence-electron chi connectivity index (χ2n) is 9.10. The van der Waals surface area contributed by atoms with Gasteiger partial charge in [-0.2, -0.15) is 5.10 Å². The Kier molecular flexibility index (Phi) is 7.95. The molecule has 0 unspecified atom stereocenters. The van der Waals surface area contributed by atoms with E-state index in [-0.39, 0.29) is 5.04 Å². The maximum atomic E-state index is 6.44. The molecule has 1 aliphatic heterocycles. The van der Waals surface area contributed by atoms with E-state index in [1.54, 1.807) is 14.2 Å². The molecule has 1 aromatic rings. The van der Waals surface area contributed by atoms with Crippen LogP contribution in [0.1, 0.15) is 45.6 Å². The van der Waals surface area contributed by atoms with Crippen LogP contribution >= 0.6 is 0 Å². The molecule has 1 saturated heterocycles. The van der Waals surface area contributed by atoms with Crippen molar-refractivity contribution >= 4 is 14.5 Å². The average molecular weight is 407 g/mol. The summed E-state index contributed by atoms with van der Waals surface area (Å²) in [4.78, 5) is 0. The number of rotatable bonds is 9. The Morgan fingerprint density at radius 1 is 1.21 bits per heavy atom. The summed E-state index contributed by atoms with van der Waals surface area (Å²) in [5.41, 5.74) is 1.24. The van der Waals surface area contributed by atoms with Crippen molar-refractivity contribution in [2.45, 2.75) is 70.6 Å². The molecule has 1 atom stereocenters. The molecule has 0 aliphatic carbocycles. The van der Waals surface area contributed by atoms with Gasteiger partial charge in [-0.3, -0.25) is 5.01 Å². The van der Waals surface area contributed by atoms with E-state index in [4.69, 9.17) is 13.9 Å². The fourth-order valence-electron chi connectivity index (χ4n) is 3.11. The molecule has 0 saturated carbocycles. The van der Waals surface area contributed by atoms with Crippen molar-refractivity contribution in [3.05, 3.63) is 23.8 Å². The number of hydrazone groups is 1. The molecule has 0 radical (unpaired) electrons. The van der Waals surface area contributed by atoms with E-state index in [1.165, 1.54) is 12.0 Å². The Labute approximate surface area is 172 Å². The van der Waals surface area contributed by atoms with E-state index in [1.807, 2.05) is 6.21 Å². The highest BCUT2D eigenvalue weighted by atomic mass is 28.4. The zero-order valence-electron chi connectivity index (χ0n) is 18.7. The predicted molar refractivity (Wildman–Crippen MR) is 119 cm³/mol. The Balaban J connectivity index is 1.95. The molecule has 1 aromatic carbocycles. The van der Waals surface area contributed by atoms with Crippen molar-refractivity contribution in [1.82, 2.24) is 5.01 Å². The van der Waals surface area contributed by atoms with Gasteiger partial charge in [-0.25, -0.2) is 0 Å². The van der Waals surface area contributed by atoms with Gasteiger partial charge in [0, 0.05) is 19.9 Å². The topological polar surface area (TPSA) is 43.3 Å². The zero-order valence-corrected chi connectivity index (χ0v) is 19.7. The lowest BCUT2D eigenvalue weighted by Crippen LogP contribution is -2.43. The van der Waals surface area contributed by atoms with Gasteiger partial charge in [0.1, 0.15) is 5.75 Å². The van der Waals surface area contributed by atoms with Crippen LogP contribution in [0, 0.1) is 0 Å². The van der Waals surface area contributed by atoms with Crippen LogP contribution in [0.2, 0.25) is 18.1 Å². The van der Waals surface area contributed by atoms with Gasteiger partial charge in [0.05, 0.1) is 19.8 Å². The summed E-state index contributed by atoms with van der Waals surface area (Å²) in [5, 5.41) is 6.97. The van der Waals surface area contributed by atoms with Gasteiger partial charge in [-0.1, -0.05) is 26.8 Å². The molecule has 0 spiro atoms. The standard InChI is InChI=1S/C22H38N2O3Si/c1-22(2,3)28(6,7)27-20-13-12-18(16-21(20)26-5)10-8-14-23-24-15-9-11-19(24)17-25-4/h12-14,16,19H,8-11,15,17H2,1-7H3/b23-14+/t19-/m1/s1. The number of aryl methyl sites for hydroxylation is 1. The molecule has 1 heterocycles. The lowest BCUT2D eigenvalue weighted by molar-refractivity contribution is 0.118. The number of hydrogen-bond donors (Lipinski definition) is 0. The van der Waals surface area contributed by atoms with Crippen molar-refractivity contribution in [1.29, 1.82) is 0 Å². The minimum absolute atomic E-state index is 0.156. The summed E-state index contributed by atoms with van der Waals surface area (Å²) < 4.78 is 17.3. The minimum atomic E-state index is -1.89. The lowest BCUT2D eigenvalue weighted by Gasteiger charge is -2.36. The van der Waals surface area contributed by atoms with Gasteiger partial charge in [0.25, 0.3) is 8.32 Å². The highest BCUT2D eigenvalue weighted by Gasteiger charge is 2.39. The first-order chi connectivity index (χ1) is 13.2. The van der Waals surface area contributed by atoms with Crippen LogP contribution in [-0.2, 0) is 11.2 Å². The largest absolute Gasteiger partial charge is 0.541 e. The smallest absolute Gasteiger partial charge is 0.250 e. The average Bonchev–Trinajstić information content (AvgIpc) is 3.06. The highest BCUT2D eigenvalue weighted by Crippen LogP contribution is 2.40. The Morgan fingerprint density at radius 2 is 1.96 bits per heavy atom. The fraction of sp³-hybridized carbons (Fsp3) is 0.682. The van der Waals surface area contributed by atoms with Crippen molar-refractivity contribution < 1.29 is 13.9 Å². The molecule has 0 amide bonds. The van der Waals surface area contributed by atoms with E-state index in [0.717, 1.165) is 43.9 Å². The van der Waals surface area contributed by atoms with Gasteiger partial charge < -0.3 is 13.9 Å². The molecular formula is C22H38N2O3Si. The molecule has 6 heteroatoms. The summed E-state index contributed by atoms with van der Waals surface area (Å²) in [6, 6.07) is 6.72. The Morgan fingerprint density at radius 3 is 2.61 bits per heavy atom. The SMILES string of the molecule is COC[C@H]1CCCN1/N=C/CCc1ccc(O[Si](C)(C)C(C)(C)C)c(OC)c1.